The van der Waals surface area contributed by atoms with Gasteiger partial charge in [-0.1, -0.05) is 55.8 Å². The summed E-state index contributed by atoms with van der Waals surface area (Å²) in [7, 11) is 0. The lowest BCUT2D eigenvalue weighted by atomic mass is 9.85. The second-order valence-electron chi connectivity index (χ2n) is 11.2. The first-order valence-corrected chi connectivity index (χ1v) is 13.0. The van der Waals surface area contributed by atoms with Crippen molar-refractivity contribution in [1.82, 2.24) is 25.2 Å². The zero-order valence-corrected chi connectivity index (χ0v) is 22.2. The number of amides is 3. The average Bonchev–Trinajstić information content (AvgIpc) is 3.43. The molecule has 37 heavy (non-hydrogen) atoms. The fourth-order valence-corrected chi connectivity index (χ4v) is 5.08. The van der Waals surface area contributed by atoms with E-state index in [1.165, 1.54) is 4.90 Å². The number of nitrogens with two attached hydrogens (primary N) is 1. The van der Waals surface area contributed by atoms with Crippen LogP contribution in [0.1, 0.15) is 63.3 Å². The van der Waals surface area contributed by atoms with E-state index in [0.717, 1.165) is 24.1 Å². The number of carbonyl (C=O) groups excluding carboxylic acids is 3. The van der Waals surface area contributed by atoms with Gasteiger partial charge < -0.3 is 21.1 Å². The largest absolute Gasteiger partial charge is 0.391 e. The van der Waals surface area contributed by atoms with E-state index < -0.39 is 41.3 Å². The van der Waals surface area contributed by atoms with Gasteiger partial charge in [0.25, 0.3) is 0 Å². The van der Waals surface area contributed by atoms with Crippen molar-refractivity contribution in [3.63, 3.8) is 0 Å². The molecule has 1 aromatic heterocycles. The Hall–Kier alpha value is -2.98. The second-order valence-corrected chi connectivity index (χ2v) is 11.6. The minimum absolute atomic E-state index is 0.00939. The maximum absolute atomic E-state index is 13.8. The molecule has 2 aliphatic rings. The third-order valence-electron chi connectivity index (χ3n) is 7.06. The number of nitrogens with zero attached hydrogens (tertiary/aromatic N) is 4. The molecule has 0 bridgehead atoms. The second kappa shape index (κ2) is 10.8. The van der Waals surface area contributed by atoms with Gasteiger partial charge in [-0.3, -0.25) is 14.4 Å². The molecule has 1 saturated carbocycles. The zero-order chi connectivity index (χ0) is 26.9. The summed E-state index contributed by atoms with van der Waals surface area (Å²) in [5.41, 5.74) is 6.70. The number of rotatable bonds is 9. The smallest absolute Gasteiger partial charge is 0.248 e. The van der Waals surface area contributed by atoms with Gasteiger partial charge in [0.15, 0.2) is 0 Å². The van der Waals surface area contributed by atoms with Gasteiger partial charge in [0, 0.05) is 36.6 Å². The Labute approximate surface area is 221 Å². The number of aliphatic hydroxyl groups is 1. The van der Waals surface area contributed by atoms with E-state index in [-0.39, 0.29) is 31.8 Å². The Morgan fingerprint density at radius 1 is 1.24 bits per heavy atom. The molecular formula is C26H35ClN6O4. The van der Waals surface area contributed by atoms with Crippen molar-refractivity contribution in [3.8, 4) is 0 Å². The number of halogens is 1. The number of hydrogen-bond acceptors (Lipinski definition) is 6. The first kappa shape index (κ1) is 27.1. The summed E-state index contributed by atoms with van der Waals surface area (Å²) in [5.74, 6) is -1.61. The van der Waals surface area contributed by atoms with Crippen LogP contribution in [0.15, 0.2) is 30.5 Å². The Balaban J connectivity index is 1.47. The fraction of sp³-hybridized carbons (Fsp3) is 0.577. The predicted molar refractivity (Wildman–Crippen MR) is 137 cm³/mol. The average molecular weight is 531 g/mol. The highest BCUT2D eigenvalue weighted by Gasteiger charge is 2.45. The zero-order valence-electron chi connectivity index (χ0n) is 21.4. The maximum atomic E-state index is 13.8. The summed E-state index contributed by atoms with van der Waals surface area (Å²) >= 11 is 6.23. The van der Waals surface area contributed by atoms with Crippen molar-refractivity contribution in [3.05, 3.63) is 46.7 Å². The highest BCUT2D eigenvalue weighted by Crippen LogP contribution is 2.40. The summed E-state index contributed by atoms with van der Waals surface area (Å²) in [6.45, 7) is 5.82. The van der Waals surface area contributed by atoms with Crippen molar-refractivity contribution in [2.75, 3.05) is 13.1 Å². The van der Waals surface area contributed by atoms with Gasteiger partial charge in [0.2, 0.25) is 17.7 Å². The monoisotopic (exact) mass is 530 g/mol. The van der Waals surface area contributed by atoms with Crippen LogP contribution < -0.4 is 11.1 Å². The number of hydrogen-bond donors (Lipinski definition) is 3. The molecule has 0 spiro atoms. The predicted octanol–water partition coefficient (Wildman–Crippen LogP) is 1.82. The molecule has 4 N–H and O–H groups in total. The fourth-order valence-electron chi connectivity index (χ4n) is 4.87. The minimum atomic E-state index is -0.882. The van der Waals surface area contributed by atoms with E-state index in [1.54, 1.807) is 22.9 Å². The van der Waals surface area contributed by atoms with Gasteiger partial charge in [0.1, 0.15) is 12.1 Å². The molecule has 2 fully saturated rings. The summed E-state index contributed by atoms with van der Waals surface area (Å²) < 4.78 is 1.59. The highest BCUT2D eigenvalue weighted by atomic mass is 35.5. The van der Waals surface area contributed by atoms with Crippen LogP contribution in [-0.4, -0.2) is 68.0 Å². The number of carbonyl (C=O) groups is 3. The van der Waals surface area contributed by atoms with Gasteiger partial charge in [-0.2, -0.15) is 0 Å². The van der Waals surface area contributed by atoms with Crippen LogP contribution in [0.3, 0.4) is 0 Å². The molecule has 3 amide bonds. The highest BCUT2D eigenvalue weighted by molar-refractivity contribution is 6.31. The van der Waals surface area contributed by atoms with Crippen molar-refractivity contribution in [1.29, 1.82) is 0 Å². The van der Waals surface area contributed by atoms with E-state index in [4.69, 9.17) is 17.3 Å². The molecule has 200 valence electrons. The molecule has 2 heterocycles. The molecule has 4 rings (SSSR count). The standard InChI is InChI=1S/C26H35ClN6O4/c1-26(2,3)22(33-14-20(30-31-33)15-8-9-15)25(37)32-13-18(34)11-21(32)24(36)29-12-17(23(28)35)10-16-6-4-5-7-19(16)27/h4-7,14-15,17-18,21-22,34H,8-13H2,1-3H3,(H2,28,35)(H,29,36)/t17?,18?,21?,22-/m1/s1. The molecule has 1 saturated heterocycles. The van der Waals surface area contributed by atoms with Crippen LogP contribution >= 0.6 is 11.6 Å². The van der Waals surface area contributed by atoms with Crippen LogP contribution in [0.4, 0.5) is 0 Å². The van der Waals surface area contributed by atoms with Crippen LogP contribution in [0, 0.1) is 11.3 Å². The lowest BCUT2D eigenvalue weighted by molar-refractivity contribution is -0.144. The third-order valence-corrected chi connectivity index (χ3v) is 7.43. The molecule has 1 aliphatic carbocycles. The number of aliphatic hydroxyl groups excluding tert-OH is 1. The van der Waals surface area contributed by atoms with Gasteiger partial charge >= 0.3 is 0 Å². The van der Waals surface area contributed by atoms with Crippen LogP contribution in [0.5, 0.6) is 0 Å². The normalized spacial score (nSPS) is 21.5. The number of primary amides is 1. The van der Waals surface area contributed by atoms with Gasteiger partial charge in [-0.05, 0) is 36.3 Å². The lowest BCUT2D eigenvalue weighted by Gasteiger charge is -2.34. The van der Waals surface area contributed by atoms with Crippen molar-refractivity contribution in [2.24, 2.45) is 17.1 Å². The Morgan fingerprint density at radius 2 is 1.95 bits per heavy atom. The van der Waals surface area contributed by atoms with E-state index in [9.17, 15) is 19.5 Å². The third kappa shape index (κ3) is 6.30. The summed E-state index contributed by atoms with van der Waals surface area (Å²) in [6.07, 6.45) is 3.48. The summed E-state index contributed by atoms with van der Waals surface area (Å²) in [6, 6.07) is 5.56. The van der Waals surface area contributed by atoms with Crippen LogP contribution in [0.2, 0.25) is 5.02 Å². The van der Waals surface area contributed by atoms with Crippen molar-refractivity contribution < 1.29 is 19.5 Å². The molecular weight excluding hydrogens is 496 g/mol. The van der Waals surface area contributed by atoms with Gasteiger partial charge in [-0.25, -0.2) is 4.68 Å². The molecule has 1 aliphatic heterocycles. The Bertz CT molecular complexity index is 1160. The molecule has 4 atom stereocenters. The molecule has 0 radical (unpaired) electrons. The van der Waals surface area contributed by atoms with Crippen LogP contribution in [0.25, 0.3) is 0 Å². The number of benzene rings is 1. The molecule has 1 aromatic carbocycles. The lowest BCUT2D eigenvalue weighted by Crippen LogP contribution is -2.51. The first-order chi connectivity index (χ1) is 17.5. The van der Waals surface area contributed by atoms with E-state index in [2.05, 4.69) is 15.6 Å². The number of likely N-dealkylation sites (tertiary alicyclic amines) is 1. The first-order valence-electron chi connectivity index (χ1n) is 12.7. The quantitative estimate of drug-likeness (QED) is 0.451. The topological polar surface area (TPSA) is 143 Å². The van der Waals surface area contributed by atoms with E-state index in [0.29, 0.717) is 10.9 Å². The van der Waals surface area contributed by atoms with Crippen LogP contribution in [-0.2, 0) is 20.8 Å². The van der Waals surface area contributed by atoms with Crippen molar-refractivity contribution in [2.45, 2.75) is 70.6 Å². The number of nitrogens with one attached hydrogen (secondary N) is 1. The molecule has 3 unspecified atom stereocenters. The van der Waals surface area contributed by atoms with E-state index in [1.807, 2.05) is 33.0 Å². The SMILES string of the molecule is CC(C)(C)[C@@H](C(=O)N1CC(O)CC1C(=O)NCC(Cc1ccccc1Cl)C(N)=O)n1cc(C2CC2)nn1. The maximum Gasteiger partial charge on any atom is 0.248 e. The Kier molecular flexibility index (Phi) is 7.89. The summed E-state index contributed by atoms with van der Waals surface area (Å²) in [4.78, 5) is 40.6. The van der Waals surface area contributed by atoms with E-state index >= 15 is 0 Å². The Morgan fingerprint density at radius 3 is 2.57 bits per heavy atom. The summed E-state index contributed by atoms with van der Waals surface area (Å²) in [5, 5.41) is 22.2. The molecule has 11 heteroatoms. The molecule has 10 nitrogen and oxygen atoms in total. The number of aromatic nitrogens is 3. The molecule has 2 aromatic rings. The van der Waals surface area contributed by atoms with Crippen molar-refractivity contribution >= 4 is 29.3 Å². The number of β-amino-alcohol motifs (C(OH)–C–C–N with tert-alkyl or cyclic N) is 1. The minimum Gasteiger partial charge on any atom is -0.391 e. The van der Waals surface area contributed by atoms with Gasteiger partial charge in [0.05, 0.1) is 17.7 Å². The van der Waals surface area contributed by atoms with Gasteiger partial charge in [-0.15, -0.1) is 5.10 Å².